The largest absolute Gasteiger partial charge is 0.497 e. The zero-order chi connectivity index (χ0) is 26.0. The first kappa shape index (κ1) is 25.3. The average molecular weight is 517 g/mol. The van der Waals surface area contributed by atoms with Gasteiger partial charge in [0, 0.05) is 65.6 Å². The molecule has 1 aromatic heterocycles. The van der Waals surface area contributed by atoms with E-state index in [0.717, 1.165) is 25.0 Å². The molecule has 2 aliphatic rings. The van der Waals surface area contributed by atoms with Crippen LogP contribution in [0.4, 0.5) is 14.6 Å². The van der Waals surface area contributed by atoms with Gasteiger partial charge in [-0.1, -0.05) is 11.6 Å². The number of methoxy groups -OCH3 is 1. The lowest BCUT2D eigenvalue weighted by molar-refractivity contribution is -0.117. The van der Waals surface area contributed by atoms with E-state index in [9.17, 15) is 23.2 Å². The maximum atomic E-state index is 14.3. The summed E-state index contributed by atoms with van der Waals surface area (Å²) in [4.78, 5) is 40.8. The minimum Gasteiger partial charge on any atom is -0.497 e. The fourth-order valence-electron chi connectivity index (χ4n) is 4.03. The molecule has 2 amide bonds. The van der Waals surface area contributed by atoms with Crippen molar-refractivity contribution < 1.29 is 23.1 Å². The summed E-state index contributed by atoms with van der Waals surface area (Å²) in [5.41, 5.74) is 4.94. The van der Waals surface area contributed by atoms with Crippen LogP contribution in [0.3, 0.4) is 0 Å². The molecule has 1 atom stereocenters. The number of ether oxygens (including phenoxy) is 1. The van der Waals surface area contributed by atoms with Crippen LogP contribution in [0.5, 0.6) is 5.75 Å². The van der Waals surface area contributed by atoms with Crippen molar-refractivity contribution in [2.75, 3.05) is 18.6 Å². The molecule has 3 aromatic rings. The van der Waals surface area contributed by atoms with Crippen molar-refractivity contribution in [2.45, 2.75) is 31.2 Å². The smallest absolute Gasteiger partial charge is 0.294 e. The summed E-state index contributed by atoms with van der Waals surface area (Å²) in [6.07, 6.45) is 4.83. The number of aromatic nitrogens is 2. The van der Waals surface area contributed by atoms with Crippen LogP contribution in [0.2, 0.25) is 5.02 Å². The summed E-state index contributed by atoms with van der Waals surface area (Å²) in [6, 6.07) is 8.76. The van der Waals surface area contributed by atoms with Gasteiger partial charge >= 0.3 is 0 Å². The van der Waals surface area contributed by atoms with Crippen LogP contribution >= 0.6 is 11.6 Å². The molecule has 1 saturated carbocycles. The fraction of sp³-hybridized carbons (Fsp3) is 0.280. The summed E-state index contributed by atoms with van der Waals surface area (Å²) in [6.45, 7) is 0.00984. The van der Waals surface area contributed by atoms with Crippen LogP contribution in [0, 0.1) is 11.6 Å². The van der Waals surface area contributed by atoms with Crippen LogP contribution in [0.1, 0.15) is 47.1 Å². The van der Waals surface area contributed by atoms with E-state index in [1.54, 1.807) is 35.0 Å². The molecule has 1 aliphatic carbocycles. The standard InChI is InChI=1S/C18H17F2N3O3.C7H6ClNO/c1-26-12-7-13(19)16(14(20)8-12)10-6-15(24)23(9-10)17-18(25)22(5-4-21-17)11-2-3-11;8-6-3-1-5(2-4-6)7(9)10/h4-5,7-8,10-11H,2-3,6,9H2,1H3;1-4H,(H2,9,10). The van der Waals surface area contributed by atoms with E-state index in [2.05, 4.69) is 4.98 Å². The number of rotatable bonds is 5. The van der Waals surface area contributed by atoms with Crippen LogP contribution in [0.25, 0.3) is 0 Å². The molecule has 0 spiro atoms. The average Bonchev–Trinajstić information content (AvgIpc) is 3.61. The van der Waals surface area contributed by atoms with E-state index in [1.807, 2.05) is 0 Å². The summed E-state index contributed by atoms with van der Waals surface area (Å²) in [5, 5.41) is 0.602. The van der Waals surface area contributed by atoms with Crippen molar-refractivity contribution in [3.63, 3.8) is 0 Å². The third kappa shape index (κ3) is 5.38. The van der Waals surface area contributed by atoms with Gasteiger partial charge < -0.3 is 15.0 Å². The Kier molecular flexibility index (Phi) is 7.35. The maximum Gasteiger partial charge on any atom is 0.294 e. The first-order valence-electron chi connectivity index (χ1n) is 11.2. The SMILES string of the molecule is COc1cc(F)c(C2CC(=O)N(c3nccn(C4CC4)c3=O)C2)c(F)c1.NC(=O)c1ccc(Cl)cc1. The number of amides is 2. The van der Waals surface area contributed by atoms with Gasteiger partial charge in [0.2, 0.25) is 17.6 Å². The molecule has 1 unspecified atom stereocenters. The number of anilines is 1. The van der Waals surface area contributed by atoms with Gasteiger partial charge in [0.25, 0.3) is 5.56 Å². The van der Waals surface area contributed by atoms with E-state index in [1.165, 1.54) is 18.2 Å². The Morgan fingerprint density at radius 2 is 1.78 bits per heavy atom. The van der Waals surface area contributed by atoms with Gasteiger partial charge in [0.1, 0.15) is 17.4 Å². The summed E-state index contributed by atoms with van der Waals surface area (Å²) >= 11 is 5.56. The molecule has 1 aliphatic heterocycles. The molecule has 0 bridgehead atoms. The van der Waals surface area contributed by atoms with Crippen molar-refractivity contribution in [3.8, 4) is 5.75 Å². The fourth-order valence-corrected chi connectivity index (χ4v) is 4.15. The van der Waals surface area contributed by atoms with Crippen molar-refractivity contribution in [2.24, 2.45) is 5.73 Å². The van der Waals surface area contributed by atoms with Gasteiger partial charge in [-0.2, -0.15) is 0 Å². The number of carbonyl (C=O) groups excluding carboxylic acids is 2. The minimum absolute atomic E-state index is 0.00984. The van der Waals surface area contributed by atoms with Crippen molar-refractivity contribution in [1.82, 2.24) is 9.55 Å². The first-order chi connectivity index (χ1) is 17.2. The molecule has 188 valence electrons. The second-order valence-electron chi connectivity index (χ2n) is 8.48. The molecule has 1 saturated heterocycles. The topological polar surface area (TPSA) is 108 Å². The molecule has 5 rings (SSSR count). The van der Waals surface area contributed by atoms with Crippen LogP contribution < -0.4 is 20.9 Å². The maximum absolute atomic E-state index is 14.3. The monoisotopic (exact) mass is 516 g/mol. The highest BCUT2D eigenvalue weighted by Crippen LogP contribution is 2.36. The van der Waals surface area contributed by atoms with E-state index in [0.29, 0.717) is 10.6 Å². The van der Waals surface area contributed by atoms with Crippen LogP contribution in [-0.4, -0.2) is 35.0 Å². The Bertz CT molecular complexity index is 1340. The Labute approximate surface area is 210 Å². The normalized spacial score (nSPS) is 16.9. The molecule has 11 heteroatoms. The van der Waals surface area contributed by atoms with E-state index in [-0.39, 0.29) is 47.6 Å². The second kappa shape index (κ2) is 10.4. The number of hydrogen-bond acceptors (Lipinski definition) is 5. The Morgan fingerprint density at radius 3 is 2.33 bits per heavy atom. The predicted octanol–water partition coefficient (Wildman–Crippen LogP) is 3.82. The highest BCUT2D eigenvalue weighted by Gasteiger charge is 2.37. The van der Waals surface area contributed by atoms with Crippen LogP contribution in [0.15, 0.2) is 53.6 Å². The van der Waals surface area contributed by atoms with Crippen molar-refractivity contribution in [1.29, 1.82) is 0 Å². The molecular weight excluding hydrogens is 494 g/mol. The lowest BCUT2D eigenvalue weighted by atomic mass is 9.97. The molecule has 2 N–H and O–H groups in total. The predicted molar refractivity (Wildman–Crippen MR) is 129 cm³/mol. The Hall–Kier alpha value is -3.79. The number of hydrogen-bond donors (Lipinski definition) is 1. The Morgan fingerprint density at radius 1 is 1.14 bits per heavy atom. The number of carbonyl (C=O) groups is 2. The number of nitrogens with two attached hydrogens (primary N) is 1. The van der Waals surface area contributed by atoms with Gasteiger partial charge in [-0.25, -0.2) is 13.8 Å². The molecule has 2 aromatic carbocycles. The lowest BCUT2D eigenvalue weighted by Gasteiger charge is -2.17. The summed E-state index contributed by atoms with van der Waals surface area (Å²) in [7, 11) is 1.32. The number of nitrogens with zero attached hydrogens (tertiary/aromatic N) is 3. The van der Waals surface area contributed by atoms with Crippen molar-refractivity contribution >= 4 is 29.2 Å². The van der Waals surface area contributed by atoms with E-state index in [4.69, 9.17) is 22.1 Å². The zero-order valence-corrected chi connectivity index (χ0v) is 20.0. The molecule has 0 radical (unpaired) electrons. The van der Waals surface area contributed by atoms with Gasteiger partial charge in [-0.05, 0) is 37.1 Å². The second-order valence-corrected chi connectivity index (χ2v) is 8.91. The molecule has 8 nitrogen and oxygen atoms in total. The first-order valence-corrected chi connectivity index (χ1v) is 11.5. The van der Waals surface area contributed by atoms with Gasteiger partial charge in [-0.3, -0.25) is 19.3 Å². The third-order valence-corrected chi connectivity index (χ3v) is 6.25. The molecular formula is C25H23ClF2N4O4. The zero-order valence-electron chi connectivity index (χ0n) is 19.3. The quantitative estimate of drug-likeness (QED) is 0.554. The molecule has 2 heterocycles. The molecule has 2 fully saturated rings. The van der Waals surface area contributed by atoms with Crippen LogP contribution in [-0.2, 0) is 4.79 Å². The number of halogens is 3. The molecule has 36 heavy (non-hydrogen) atoms. The number of benzene rings is 2. The van der Waals surface area contributed by atoms with Gasteiger partial charge in [0.05, 0.1) is 7.11 Å². The Balaban J connectivity index is 0.000000256. The van der Waals surface area contributed by atoms with Gasteiger partial charge in [-0.15, -0.1) is 0 Å². The third-order valence-electron chi connectivity index (χ3n) is 6.00. The number of primary amides is 1. The summed E-state index contributed by atoms with van der Waals surface area (Å²) in [5.74, 6) is -2.94. The van der Waals surface area contributed by atoms with Crippen molar-refractivity contribution in [3.05, 3.63) is 86.9 Å². The van der Waals surface area contributed by atoms with E-state index < -0.39 is 23.5 Å². The summed E-state index contributed by atoms with van der Waals surface area (Å²) < 4.78 is 35.1. The highest BCUT2D eigenvalue weighted by molar-refractivity contribution is 6.30. The van der Waals surface area contributed by atoms with E-state index >= 15 is 0 Å². The highest BCUT2D eigenvalue weighted by atomic mass is 35.5. The lowest BCUT2D eigenvalue weighted by Crippen LogP contribution is -2.34. The van der Waals surface area contributed by atoms with Gasteiger partial charge in [0.15, 0.2) is 0 Å². The minimum atomic E-state index is -0.766.